The third kappa shape index (κ3) is 8.40. The van der Waals surface area contributed by atoms with Gasteiger partial charge in [0.15, 0.2) is 0 Å². The van der Waals surface area contributed by atoms with Gasteiger partial charge in [0.2, 0.25) is 0 Å². The molecule has 0 saturated heterocycles. The summed E-state index contributed by atoms with van der Waals surface area (Å²) in [6, 6.07) is 0. The van der Waals surface area contributed by atoms with Crippen molar-refractivity contribution in [2.45, 2.75) is 6.92 Å². The van der Waals surface area contributed by atoms with Gasteiger partial charge in [-0.3, -0.25) is 0 Å². The zero-order valence-corrected chi connectivity index (χ0v) is 7.90. The molecule has 0 unspecified atom stereocenters. The van der Waals surface area contributed by atoms with Crippen LogP contribution in [0.15, 0.2) is 36.5 Å². The highest BCUT2D eigenvalue weighted by molar-refractivity contribution is 5.59. The molecule has 0 aliphatic heterocycles. The molecule has 0 aliphatic carbocycles. The summed E-state index contributed by atoms with van der Waals surface area (Å²) in [6.45, 7) is 2.17. The zero-order chi connectivity index (χ0) is 9.94. The Bertz CT molecular complexity index is 214. The predicted molar refractivity (Wildman–Crippen MR) is 51.5 cm³/mol. The van der Waals surface area contributed by atoms with E-state index >= 15 is 0 Å². The molecule has 72 valence electrons. The lowest BCUT2D eigenvalue weighted by Crippen LogP contribution is -2.03. The van der Waals surface area contributed by atoms with Crippen LogP contribution in [0.1, 0.15) is 6.92 Å². The van der Waals surface area contributed by atoms with Gasteiger partial charge in [-0.25, -0.2) is 4.79 Å². The summed E-state index contributed by atoms with van der Waals surface area (Å²) in [7, 11) is 1.28. The maximum absolute atomic E-state index is 10.4. The summed E-state index contributed by atoms with van der Waals surface area (Å²) < 4.78 is 8.87. The van der Waals surface area contributed by atoms with E-state index in [1.165, 1.54) is 7.11 Å². The maximum Gasteiger partial charge on any atom is 0.508 e. The lowest BCUT2D eigenvalue weighted by molar-refractivity contribution is 0.0818. The molecule has 0 saturated carbocycles. The molecule has 0 aromatic heterocycles. The van der Waals surface area contributed by atoms with Crippen molar-refractivity contribution >= 4 is 6.16 Å². The monoisotopic (exact) mass is 182 g/mol. The van der Waals surface area contributed by atoms with Crippen molar-refractivity contribution in [3.63, 3.8) is 0 Å². The number of allylic oxidation sites excluding steroid dienone is 5. The number of methoxy groups -OCH3 is 1. The van der Waals surface area contributed by atoms with Gasteiger partial charge in [0, 0.05) is 0 Å². The molecule has 0 N–H and O–H groups in total. The number of ether oxygens (including phenoxy) is 2. The van der Waals surface area contributed by atoms with Crippen molar-refractivity contribution in [2.24, 2.45) is 0 Å². The molecule has 0 heterocycles. The topological polar surface area (TPSA) is 35.5 Å². The number of rotatable bonds is 4. The summed E-state index contributed by atoms with van der Waals surface area (Å²) >= 11 is 0. The van der Waals surface area contributed by atoms with Crippen molar-refractivity contribution in [3.05, 3.63) is 36.5 Å². The Balaban J connectivity index is 3.47. The molecule has 0 amide bonds. The quantitative estimate of drug-likeness (QED) is 0.495. The van der Waals surface area contributed by atoms with Gasteiger partial charge in [0.05, 0.1) is 7.11 Å². The Kier molecular flexibility index (Phi) is 7.59. The van der Waals surface area contributed by atoms with Gasteiger partial charge < -0.3 is 9.47 Å². The number of hydrogen-bond donors (Lipinski definition) is 0. The molecule has 0 aromatic carbocycles. The second-order valence-corrected chi connectivity index (χ2v) is 2.10. The normalized spacial score (nSPS) is 11.5. The van der Waals surface area contributed by atoms with Crippen molar-refractivity contribution < 1.29 is 14.3 Å². The van der Waals surface area contributed by atoms with Crippen LogP contribution in [0.5, 0.6) is 0 Å². The van der Waals surface area contributed by atoms with E-state index in [1.54, 1.807) is 12.2 Å². The molecule has 13 heavy (non-hydrogen) atoms. The van der Waals surface area contributed by atoms with E-state index in [0.717, 1.165) is 0 Å². The summed E-state index contributed by atoms with van der Waals surface area (Å²) in [5, 5.41) is 0. The fourth-order valence-electron chi connectivity index (χ4n) is 0.549. The number of carbonyl (C=O) groups excluding carboxylic acids is 1. The van der Waals surface area contributed by atoms with Gasteiger partial charge in [-0.1, -0.05) is 30.4 Å². The zero-order valence-electron chi connectivity index (χ0n) is 7.90. The van der Waals surface area contributed by atoms with E-state index in [1.807, 2.05) is 31.2 Å². The third-order valence-corrected chi connectivity index (χ3v) is 1.13. The number of carbonyl (C=O) groups is 1. The molecule has 0 aromatic rings. The van der Waals surface area contributed by atoms with Crippen molar-refractivity contribution in [1.29, 1.82) is 0 Å². The van der Waals surface area contributed by atoms with Crippen LogP contribution in [0.4, 0.5) is 4.79 Å². The Hall–Kier alpha value is -1.51. The number of hydrogen-bond acceptors (Lipinski definition) is 3. The van der Waals surface area contributed by atoms with Crippen LogP contribution in [0.2, 0.25) is 0 Å². The van der Waals surface area contributed by atoms with Crippen LogP contribution >= 0.6 is 0 Å². The van der Waals surface area contributed by atoms with E-state index in [-0.39, 0.29) is 6.61 Å². The van der Waals surface area contributed by atoms with Crippen LogP contribution in [-0.2, 0) is 9.47 Å². The van der Waals surface area contributed by atoms with E-state index < -0.39 is 6.16 Å². The predicted octanol–water partition coefficient (Wildman–Crippen LogP) is 2.46. The van der Waals surface area contributed by atoms with Gasteiger partial charge in [-0.05, 0) is 13.0 Å². The summed E-state index contributed by atoms with van der Waals surface area (Å²) in [5.41, 5.74) is 0. The minimum absolute atomic E-state index is 0.229. The smallest absolute Gasteiger partial charge is 0.438 e. The molecular weight excluding hydrogens is 168 g/mol. The average molecular weight is 182 g/mol. The van der Waals surface area contributed by atoms with E-state index in [0.29, 0.717) is 0 Å². The van der Waals surface area contributed by atoms with Crippen molar-refractivity contribution in [1.82, 2.24) is 0 Å². The fraction of sp³-hybridized carbons (Fsp3) is 0.300. The minimum atomic E-state index is -0.665. The molecule has 0 bridgehead atoms. The van der Waals surface area contributed by atoms with Crippen molar-refractivity contribution in [3.8, 4) is 0 Å². The summed E-state index contributed by atoms with van der Waals surface area (Å²) in [6.07, 6.45) is 10.4. The van der Waals surface area contributed by atoms with Gasteiger partial charge in [-0.2, -0.15) is 0 Å². The van der Waals surface area contributed by atoms with Crippen LogP contribution < -0.4 is 0 Å². The minimum Gasteiger partial charge on any atom is -0.438 e. The highest BCUT2D eigenvalue weighted by Gasteiger charge is 1.94. The Morgan fingerprint density at radius 3 is 2.54 bits per heavy atom. The highest BCUT2D eigenvalue weighted by atomic mass is 16.7. The Morgan fingerprint density at radius 1 is 1.23 bits per heavy atom. The molecule has 0 atom stereocenters. The van der Waals surface area contributed by atoms with Crippen LogP contribution in [0, 0.1) is 0 Å². The van der Waals surface area contributed by atoms with Gasteiger partial charge in [-0.15, -0.1) is 0 Å². The van der Waals surface area contributed by atoms with Crippen LogP contribution in [-0.4, -0.2) is 19.9 Å². The van der Waals surface area contributed by atoms with Gasteiger partial charge in [0.25, 0.3) is 0 Å². The van der Waals surface area contributed by atoms with Crippen molar-refractivity contribution in [2.75, 3.05) is 13.7 Å². The Labute approximate surface area is 78.3 Å². The second kappa shape index (κ2) is 8.59. The summed E-state index contributed by atoms with van der Waals surface area (Å²) in [5.74, 6) is 0. The van der Waals surface area contributed by atoms with Gasteiger partial charge >= 0.3 is 6.16 Å². The van der Waals surface area contributed by atoms with Crippen LogP contribution in [0.25, 0.3) is 0 Å². The first-order valence-corrected chi connectivity index (χ1v) is 3.96. The van der Waals surface area contributed by atoms with Gasteiger partial charge in [0.1, 0.15) is 6.61 Å². The molecule has 0 aliphatic rings. The molecule has 3 nitrogen and oxygen atoms in total. The maximum atomic E-state index is 10.4. The highest BCUT2D eigenvalue weighted by Crippen LogP contribution is 1.84. The first-order chi connectivity index (χ1) is 6.31. The molecule has 0 spiro atoms. The third-order valence-electron chi connectivity index (χ3n) is 1.13. The van der Waals surface area contributed by atoms with E-state index in [2.05, 4.69) is 9.47 Å². The van der Waals surface area contributed by atoms with E-state index in [9.17, 15) is 4.79 Å². The molecule has 0 fully saturated rings. The largest absolute Gasteiger partial charge is 0.508 e. The molecule has 0 rings (SSSR count). The lowest BCUT2D eigenvalue weighted by atomic mass is 10.4. The molecule has 3 heteroatoms. The fourth-order valence-corrected chi connectivity index (χ4v) is 0.549. The average Bonchev–Trinajstić information content (AvgIpc) is 2.16. The first kappa shape index (κ1) is 11.5. The van der Waals surface area contributed by atoms with E-state index in [4.69, 9.17) is 0 Å². The molecule has 0 radical (unpaired) electrons. The molecular formula is C10H14O3. The summed E-state index contributed by atoms with van der Waals surface area (Å²) in [4.78, 5) is 10.4. The standard InChI is InChI=1S/C10H14O3/c1-3-4-5-6-7-8-9-13-10(11)12-2/h3-8H,9H2,1-2H3/b4-3+,6-5+,8-7+. The Morgan fingerprint density at radius 2 is 1.92 bits per heavy atom. The SMILES string of the molecule is C/C=C/C=C/C=C/COC(=O)OC. The lowest BCUT2D eigenvalue weighted by Gasteiger charge is -1.96. The second-order valence-electron chi connectivity index (χ2n) is 2.10. The van der Waals surface area contributed by atoms with Crippen LogP contribution in [0.3, 0.4) is 0 Å². The first-order valence-electron chi connectivity index (χ1n) is 3.96.